The fraction of sp³-hybridized carbons (Fsp3) is 0.346. The van der Waals surface area contributed by atoms with E-state index in [9.17, 15) is 28.0 Å². The molecule has 2 unspecified atom stereocenters. The number of ether oxygens (including phenoxy) is 1. The minimum atomic E-state index is -4.90. The highest BCUT2D eigenvalue weighted by Gasteiger charge is 2.44. The van der Waals surface area contributed by atoms with E-state index in [1.165, 1.54) is 16.7 Å². The number of anilines is 2. The van der Waals surface area contributed by atoms with Gasteiger partial charge in [0.05, 0.1) is 6.07 Å². The smallest absolute Gasteiger partial charge is 0.406 e. The van der Waals surface area contributed by atoms with E-state index in [2.05, 4.69) is 10.8 Å². The molecule has 0 fully saturated rings. The lowest BCUT2D eigenvalue weighted by atomic mass is 9.95. The summed E-state index contributed by atoms with van der Waals surface area (Å²) in [7, 11) is 3.19. The van der Waals surface area contributed by atoms with Crippen LogP contribution >= 0.6 is 11.6 Å². The molecule has 0 bridgehead atoms. The first-order valence-electron chi connectivity index (χ1n) is 11.8. The number of likely N-dealkylation sites (N-methyl/N-ethyl adjacent to an activating group) is 1. The number of benzene rings is 2. The summed E-state index contributed by atoms with van der Waals surface area (Å²) in [5.41, 5.74) is 0.273. The Morgan fingerprint density at radius 3 is 2.42 bits per heavy atom. The molecule has 200 valence electrons. The minimum Gasteiger partial charge on any atom is -0.406 e. The zero-order valence-electron chi connectivity index (χ0n) is 20.9. The largest absolute Gasteiger partial charge is 0.573 e. The molecule has 38 heavy (non-hydrogen) atoms. The molecule has 1 aromatic heterocycles. The molecule has 0 spiro atoms. The predicted octanol–water partition coefficient (Wildman–Crippen LogP) is 4.60. The topological polar surface area (TPSA) is 83.5 Å². The monoisotopic (exact) mass is 547 g/mol. The molecular formula is C26H25ClF3N5O3. The molecule has 2 heterocycles. The summed E-state index contributed by atoms with van der Waals surface area (Å²) in [6.45, 7) is 2.23. The standard InChI is InChI=1S/C26H25ClF3N5O3/c1-4-12-34-24(36)21-23(33(3)25(34)37)32(2)22(35(21)15-16-8-10-18(27)11-9-16)20(14-31)17-6-5-7-19(13-17)38-26(28,29)30/h5-11,13,20,22H,4,12,15H2,1-3H3. The maximum atomic E-state index is 13.7. The third kappa shape index (κ3) is 5.09. The summed E-state index contributed by atoms with van der Waals surface area (Å²) in [5.74, 6) is -1.17. The molecule has 0 N–H and O–H groups in total. The van der Waals surface area contributed by atoms with Crippen molar-refractivity contribution < 1.29 is 17.9 Å². The van der Waals surface area contributed by atoms with Gasteiger partial charge < -0.3 is 14.5 Å². The van der Waals surface area contributed by atoms with Crippen molar-refractivity contribution >= 4 is 23.1 Å². The van der Waals surface area contributed by atoms with Gasteiger partial charge in [0.25, 0.3) is 5.56 Å². The Balaban J connectivity index is 1.89. The lowest BCUT2D eigenvalue weighted by molar-refractivity contribution is -0.274. The van der Waals surface area contributed by atoms with Gasteiger partial charge >= 0.3 is 12.1 Å². The van der Waals surface area contributed by atoms with Gasteiger partial charge in [0, 0.05) is 32.2 Å². The van der Waals surface area contributed by atoms with E-state index in [4.69, 9.17) is 11.6 Å². The van der Waals surface area contributed by atoms with E-state index in [1.807, 2.05) is 6.92 Å². The maximum absolute atomic E-state index is 13.7. The SMILES string of the molecule is CCCn1c(=O)c2c(n(C)c1=O)N(C)C(C(C#N)c1cccc(OC(F)(F)F)c1)N2Cc1ccc(Cl)cc1. The van der Waals surface area contributed by atoms with Gasteiger partial charge in [-0.1, -0.05) is 42.8 Å². The van der Waals surface area contributed by atoms with E-state index >= 15 is 0 Å². The summed E-state index contributed by atoms with van der Waals surface area (Å²) in [4.78, 5) is 30.1. The summed E-state index contributed by atoms with van der Waals surface area (Å²) in [5, 5.41) is 10.8. The van der Waals surface area contributed by atoms with Crippen molar-refractivity contribution in [3.8, 4) is 11.8 Å². The molecule has 0 aliphatic carbocycles. The van der Waals surface area contributed by atoms with Gasteiger partial charge in [0.15, 0.2) is 0 Å². The third-order valence-corrected chi connectivity index (χ3v) is 6.69. The van der Waals surface area contributed by atoms with Crippen LogP contribution in [0, 0.1) is 11.3 Å². The molecule has 2 atom stereocenters. The van der Waals surface area contributed by atoms with Crippen molar-refractivity contribution in [2.75, 3.05) is 16.8 Å². The highest BCUT2D eigenvalue weighted by molar-refractivity contribution is 6.30. The summed E-state index contributed by atoms with van der Waals surface area (Å²) >= 11 is 6.05. The summed E-state index contributed by atoms with van der Waals surface area (Å²) in [6, 6.07) is 14.4. The predicted molar refractivity (Wildman–Crippen MR) is 138 cm³/mol. The van der Waals surface area contributed by atoms with E-state index < -0.39 is 35.4 Å². The van der Waals surface area contributed by atoms with Crippen molar-refractivity contribution in [3.05, 3.63) is 85.5 Å². The number of halogens is 4. The van der Waals surface area contributed by atoms with Crippen LogP contribution in [-0.2, 0) is 20.1 Å². The first kappa shape index (κ1) is 27.1. The Labute approximate surface area is 221 Å². The van der Waals surface area contributed by atoms with E-state index in [1.54, 1.807) is 48.2 Å². The summed E-state index contributed by atoms with van der Waals surface area (Å²) in [6.07, 6.45) is -5.18. The van der Waals surface area contributed by atoms with Crippen molar-refractivity contribution in [2.45, 2.75) is 44.9 Å². The van der Waals surface area contributed by atoms with Crippen LogP contribution in [-0.4, -0.2) is 28.7 Å². The molecule has 0 saturated heterocycles. The summed E-state index contributed by atoms with van der Waals surface area (Å²) < 4.78 is 45.2. The van der Waals surface area contributed by atoms with E-state index in [0.29, 0.717) is 17.3 Å². The lowest BCUT2D eigenvalue weighted by Gasteiger charge is -2.34. The van der Waals surface area contributed by atoms with Crippen molar-refractivity contribution in [1.82, 2.24) is 9.13 Å². The molecule has 1 aliphatic heterocycles. The Morgan fingerprint density at radius 1 is 1.13 bits per heavy atom. The van der Waals surface area contributed by atoms with E-state index in [-0.39, 0.29) is 24.3 Å². The van der Waals surface area contributed by atoms with Gasteiger partial charge in [-0.05, 0) is 41.8 Å². The number of aromatic nitrogens is 2. The molecule has 8 nitrogen and oxygen atoms in total. The highest BCUT2D eigenvalue weighted by Crippen LogP contribution is 2.42. The number of hydrogen-bond donors (Lipinski definition) is 0. The molecular weight excluding hydrogens is 523 g/mol. The Bertz CT molecular complexity index is 1490. The third-order valence-electron chi connectivity index (χ3n) is 6.43. The van der Waals surface area contributed by atoms with Crippen LogP contribution in [0.2, 0.25) is 5.02 Å². The molecule has 3 aromatic rings. The van der Waals surface area contributed by atoms with Crippen LogP contribution < -0.4 is 25.8 Å². The van der Waals surface area contributed by atoms with Gasteiger partial charge in [-0.2, -0.15) is 5.26 Å². The Kier molecular flexibility index (Phi) is 7.47. The van der Waals surface area contributed by atoms with Gasteiger partial charge in [-0.25, -0.2) is 4.79 Å². The van der Waals surface area contributed by atoms with Gasteiger partial charge in [0.1, 0.15) is 29.3 Å². The first-order valence-corrected chi connectivity index (χ1v) is 12.2. The normalized spacial score (nSPS) is 15.8. The quantitative estimate of drug-likeness (QED) is 0.430. The molecule has 2 aromatic carbocycles. The fourth-order valence-electron chi connectivity index (χ4n) is 4.86. The van der Waals surface area contributed by atoms with Crippen LogP contribution in [0.4, 0.5) is 24.7 Å². The molecule has 4 rings (SSSR count). The van der Waals surface area contributed by atoms with Crippen LogP contribution in [0.25, 0.3) is 0 Å². The second-order valence-corrected chi connectivity index (χ2v) is 9.41. The van der Waals surface area contributed by atoms with Crippen molar-refractivity contribution in [3.63, 3.8) is 0 Å². The number of hydrogen-bond acceptors (Lipinski definition) is 6. The number of fused-ring (bicyclic) bond motifs is 1. The average molecular weight is 548 g/mol. The molecule has 0 amide bonds. The van der Waals surface area contributed by atoms with Gasteiger partial charge in [-0.15, -0.1) is 13.2 Å². The van der Waals surface area contributed by atoms with Crippen molar-refractivity contribution in [2.24, 2.45) is 7.05 Å². The number of nitrogens with zero attached hydrogens (tertiary/aromatic N) is 5. The number of nitriles is 1. The first-order chi connectivity index (χ1) is 18.0. The Morgan fingerprint density at radius 2 is 1.82 bits per heavy atom. The minimum absolute atomic E-state index is 0.176. The maximum Gasteiger partial charge on any atom is 0.573 e. The van der Waals surface area contributed by atoms with Gasteiger partial charge in [-0.3, -0.25) is 13.9 Å². The fourth-order valence-corrected chi connectivity index (χ4v) is 4.99. The molecule has 0 saturated carbocycles. The highest BCUT2D eigenvalue weighted by atomic mass is 35.5. The second kappa shape index (κ2) is 10.5. The van der Waals surface area contributed by atoms with Crippen LogP contribution in [0.5, 0.6) is 5.75 Å². The zero-order valence-corrected chi connectivity index (χ0v) is 21.6. The van der Waals surface area contributed by atoms with Crippen molar-refractivity contribution in [1.29, 1.82) is 5.26 Å². The van der Waals surface area contributed by atoms with E-state index in [0.717, 1.165) is 22.3 Å². The van der Waals surface area contributed by atoms with Crippen LogP contribution in [0.3, 0.4) is 0 Å². The second-order valence-electron chi connectivity index (χ2n) is 8.98. The zero-order chi connectivity index (χ0) is 27.8. The number of rotatable bonds is 7. The average Bonchev–Trinajstić information content (AvgIpc) is 3.13. The lowest BCUT2D eigenvalue weighted by Crippen LogP contribution is -2.46. The van der Waals surface area contributed by atoms with Crippen LogP contribution in [0.1, 0.15) is 30.4 Å². The molecule has 12 heteroatoms. The number of alkyl halides is 3. The van der Waals surface area contributed by atoms with Crippen LogP contribution in [0.15, 0.2) is 58.1 Å². The Hall–Kier alpha value is -3.91. The molecule has 0 radical (unpaired) electrons. The molecule has 1 aliphatic rings. The van der Waals surface area contributed by atoms with Gasteiger partial charge in [0.2, 0.25) is 0 Å².